The van der Waals surface area contributed by atoms with Gasteiger partial charge in [0.15, 0.2) is 0 Å². The van der Waals surface area contributed by atoms with E-state index in [1.54, 1.807) is 7.11 Å². The molecule has 0 aromatic rings. The fourth-order valence-corrected chi connectivity index (χ4v) is 1.79. The Kier molecular flexibility index (Phi) is 8.56. The minimum absolute atomic E-state index is 0. The number of hydrogen-bond donors (Lipinski definition) is 1. The van der Waals surface area contributed by atoms with Crippen molar-refractivity contribution in [2.75, 3.05) is 26.7 Å². The first-order chi connectivity index (χ1) is 7.71. The Bertz CT molecular complexity index is 219. The molecule has 1 rings (SSSR count). The van der Waals surface area contributed by atoms with Gasteiger partial charge in [-0.2, -0.15) is 0 Å². The summed E-state index contributed by atoms with van der Waals surface area (Å²) in [5.41, 5.74) is 5.52. The van der Waals surface area contributed by atoms with Crippen molar-refractivity contribution in [1.29, 1.82) is 0 Å². The Labute approximate surface area is 110 Å². The number of carbonyl (C=O) groups is 1. The maximum Gasteiger partial charge on any atom is 0.225 e. The topological polar surface area (TPSA) is 55.6 Å². The van der Waals surface area contributed by atoms with Gasteiger partial charge in [-0.05, 0) is 25.2 Å². The number of rotatable bonds is 8. The molecule has 17 heavy (non-hydrogen) atoms. The Hall–Kier alpha value is -0.320. The van der Waals surface area contributed by atoms with Crippen molar-refractivity contribution in [3.05, 3.63) is 0 Å². The molecule has 102 valence electrons. The molecule has 0 aromatic heterocycles. The van der Waals surface area contributed by atoms with Crippen LogP contribution >= 0.6 is 12.4 Å². The van der Waals surface area contributed by atoms with Crippen molar-refractivity contribution in [3.8, 4) is 0 Å². The Morgan fingerprint density at radius 2 is 2.18 bits per heavy atom. The molecule has 1 atom stereocenters. The monoisotopic (exact) mass is 264 g/mol. The first-order valence-corrected chi connectivity index (χ1v) is 6.21. The third-order valence-corrected chi connectivity index (χ3v) is 3.02. The molecule has 0 spiro atoms. The summed E-state index contributed by atoms with van der Waals surface area (Å²) in [7, 11) is 1.61. The molecule has 1 amide bonds. The third-order valence-electron chi connectivity index (χ3n) is 3.02. The maximum absolute atomic E-state index is 12.0. The van der Waals surface area contributed by atoms with Crippen LogP contribution in [0.4, 0.5) is 0 Å². The number of nitrogens with zero attached hydrogens (tertiary/aromatic N) is 1. The molecule has 2 N–H and O–H groups in total. The van der Waals surface area contributed by atoms with Gasteiger partial charge in [0.2, 0.25) is 5.91 Å². The largest absolute Gasteiger partial charge is 0.380 e. The molecule has 5 heteroatoms. The summed E-state index contributed by atoms with van der Waals surface area (Å²) < 4.78 is 5.15. The maximum atomic E-state index is 12.0. The molecule has 1 aliphatic carbocycles. The molecule has 0 radical (unpaired) electrons. The highest BCUT2D eigenvalue weighted by Gasteiger charge is 2.27. The van der Waals surface area contributed by atoms with Crippen molar-refractivity contribution < 1.29 is 9.53 Å². The molecule has 4 nitrogen and oxygen atoms in total. The van der Waals surface area contributed by atoms with Gasteiger partial charge in [-0.1, -0.05) is 6.92 Å². The molecule has 0 aromatic carbocycles. The van der Waals surface area contributed by atoms with E-state index in [9.17, 15) is 4.79 Å². The first-order valence-electron chi connectivity index (χ1n) is 6.21. The SMILES string of the molecule is CCCN(CC1CC1)C(=O)CC(CN)OC.Cl. The quantitative estimate of drug-likeness (QED) is 0.721. The molecule has 0 saturated heterocycles. The van der Waals surface area contributed by atoms with E-state index in [0.29, 0.717) is 13.0 Å². The lowest BCUT2D eigenvalue weighted by Crippen LogP contribution is -2.37. The average molecular weight is 265 g/mol. The second kappa shape index (κ2) is 8.72. The van der Waals surface area contributed by atoms with Crippen LogP contribution in [0, 0.1) is 5.92 Å². The molecular weight excluding hydrogens is 240 g/mol. The van der Waals surface area contributed by atoms with E-state index < -0.39 is 0 Å². The Morgan fingerprint density at radius 1 is 1.53 bits per heavy atom. The standard InChI is InChI=1S/C12H24N2O2.ClH/c1-3-6-14(9-10-4-5-10)12(15)7-11(8-13)16-2;/h10-11H,3-9,13H2,1-2H3;1H. The van der Waals surface area contributed by atoms with Crippen LogP contribution < -0.4 is 5.73 Å². The van der Waals surface area contributed by atoms with E-state index in [1.807, 2.05) is 4.90 Å². The Morgan fingerprint density at radius 3 is 2.59 bits per heavy atom. The van der Waals surface area contributed by atoms with Crippen LogP contribution in [0.2, 0.25) is 0 Å². The number of carbonyl (C=O) groups excluding carboxylic acids is 1. The van der Waals surface area contributed by atoms with E-state index in [0.717, 1.165) is 25.4 Å². The smallest absolute Gasteiger partial charge is 0.225 e. The number of hydrogen-bond acceptors (Lipinski definition) is 3. The predicted octanol–water partition coefficient (Wildman–Crippen LogP) is 1.42. The summed E-state index contributed by atoms with van der Waals surface area (Å²) in [6.07, 6.45) is 3.85. The number of nitrogens with two attached hydrogens (primary N) is 1. The van der Waals surface area contributed by atoms with Gasteiger partial charge in [0.05, 0.1) is 12.5 Å². The second-order valence-corrected chi connectivity index (χ2v) is 4.58. The molecular formula is C12H25ClN2O2. The van der Waals surface area contributed by atoms with Crippen LogP contribution in [0.1, 0.15) is 32.6 Å². The van der Waals surface area contributed by atoms with E-state index >= 15 is 0 Å². The minimum Gasteiger partial charge on any atom is -0.380 e. The molecule has 1 fully saturated rings. The van der Waals surface area contributed by atoms with Crippen LogP contribution in [0.15, 0.2) is 0 Å². The number of ether oxygens (including phenoxy) is 1. The predicted molar refractivity (Wildman–Crippen MR) is 71.3 cm³/mol. The zero-order valence-corrected chi connectivity index (χ0v) is 11.7. The third kappa shape index (κ3) is 6.24. The highest BCUT2D eigenvalue weighted by molar-refractivity contribution is 5.85. The van der Waals surface area contributed by atoms with E-state index in [2.05, 4.69) is 6.92 Å². The summed E-state index contributed by atoms with van der Waals surface area (Å²) in [6, 6.07) is 0. The molecule has 0 aliphatic heterocycles. The minimum atomic E-state index is -0.133. The zero-order chi connectivity index (χ0) is 12.0. The summed E-state index contributed by atoms with van der Waals surface area (Å²) in [6.45, 7) is 4.29. The highest BCUT2D eigenvalue weighted by atomic mass is 35.5. The van der Waals surface area contributed by atoms with Gasteiger partial charge in [0.25, 0.3) is 0 Å². The van der Waals surface area contributed by atoms with Crippen molar-refractivity contribution >= 4 is 18.3 Å². The van der Waals surface area contributed by atoms with Crippen molar-refractivity contribution in [2.45, 2.75) is 38.7 Å². The normalized spacial score (nSPS) is 16.2. The van der Waals surface area contributed by atoms with Crippen molar-refractivity contribution in [3.63, 3.8) is 0 Å². The summed E-state index contributed by atoms with van der Waals surface area (Å²) in [5, 5.41) is 0. The van der Waals surface area contributed by atoms with Gasteiger partial charge in [-0.3, -0.25) is 4.79 Å². The van der Waals surface area contributed by atoms with Crippen LogP contribution in [-0.4, -0.2) is 43.7 Å². The van der Waals surface area contributed by atoms with Crippen LogP contribution in [0.5, 0.6) is 0 Å². The lowest BCUT2D eigenvalue weighted by Gasteiger charge is -2.24. The van der Waals surface area contributed by atoms with Crippen molar-refractivity contribution in [1.82, 2.24) is 4.90 Å². The number of halogens is 1. The van der Waals surface area contributed by atoms with Gasteiger partial charge in [0, 0.05) is 26.7 Å². The molecule has 1 aliphatic rings. The fraction of sp³-hybridized carbons (Fsp3) is 0.917. The van der Waals surface area contributed by atoms with E-state index in [-0.39, 0.29) is 24.4 Å². The number of amides is 1. The van der Waals surface area contributed by atoms with Crippen LogP contribution in [0.25, 0.3) is 0 Å². The van der Waals surface area contributed by atoms with Gasteiger partial charge < -0.3 is 15.4 Å². The van der Waals surface area contributed by atoms with Crippen LogP contribution in [-0.2, 0) is 9.53 Å². The van der Waals surface area contributed by atoms with Crippen LogP contribution in [0.3, 0.4) is 0 Å². The van der Waals surface area contributed by atoms with Gasteiger partial charge in [-0.15, -0.1) is 12.4 Å². The Balaban J connectivity index is 0.00000256. The number of methoxy groups -OCH3 is 1. The lowest BCUT2D eigenvalue weighted by molar-refractivity contribution is -0.133. The molecule has 0 heterocycles. The summed E-state index contributed by atoms with van der Waals surface area (Å²) in [5.74, 6) is 0.931. The highest BCUT2D eigenvalue weighted by Crippen LogP contribution is 2.30. The van der Waals surface area contributed by atoms with Gasteiger partial charge >= 0.3 is 0 Å². The van der Waals surface area contributed by atoms with E-state index in [4.69, 9.17) is 10.5 Å². The van der Waals surface area contributed by atoms with E-state index in [1.165, 1.54) is 12.8 Å². The van der Waals surface area contributed by atoms with Gasteiger partial charge in [-0.25, -0.2) is 0 Å². The molecule has 1 unspecified atom stereocenters. The average Bonchev–Trinajstić information content (AvgIpc) is 3.08. The van der Waals surface area contributed by atoms with Gasteiger partial charge in [0.1, 0.15) is 0 Å². The summed E-state index contributed by atoms with van der Waals surface area (Å²) >= 11 is 0. The lowest BCUT2D eigenvalue weighted by atomic mass is 10.2. The fourth-order valence-electron chi connectivity index (χ4n) is 1.79. The molecule has 1 saturated carbocycles. The second-order valence-electron chi connectivity index (χ2n) is 4.58. The zero-order valence-electron chi connectivity index (χ0n) is 10.9. The summed E-state index contributed by atoms with van der Waals surface area (Å²) in [4.78, 5) is 14.0. The molecule has 0 bridgehead atoms. The van der Waals surface area contributed by atoms with Crippen molar-refractivity contribution in [2.24, 2.45) is 11.7 Å². The first kappa shape index (κ1) is 16.7.